The summed E-state index contributed by atoms with van der Waals surface area (Å²) in [4.78, 5) is 38.1. The molecule has 4 fully saturated rings. The quantitative estimate of drug-likeness (QED) is 0.616. The first-order chi connectivity index (χ1) is 16.2. The number of hydrogen-bond acceptors (Lipinski definition) is 7. The molecule has 0 aromatic carbocycles. The minimum atomic E-state index is -1.15. The van der Waals surface area contributed by atoms with Crippen LogP contribution in [0.15, 0.2) is 23.8 Å². The zero-order chi connectivity index (χ0) is 24.3. The maximum Gasteiger partial charge on any atom is 0.335 e. The van der Waals surface area contributed by atoms with E-state index in [0.717, 1.165) is 31.3 Å². The molecule has 7 nitrogen and oxygen atoms in total. The number of aliphatic hydroxyl groups is 1. The first-order valence-corrected chi connectivity index (χ1v) is 12.7. The lowest BCUT2D eigenvalue weighted by Crippen LogP contribution is -2.62. The van der Waals surface area contributed by atoms with E-state index in [-0.39, 0.29) is 48.1 Å². The van der Waals surface area contributed by atoms with Gasteiger partial charge >= 0.3 is 5.97 Å². The second-order valence-electron chi connectivity index (χ2n) is 11.3. The molecule has 7 heteroatoms. The number of fused-ring (bicyclic) bond motifs is 6. The van der Waals surface area contributed by atoms with Gasteiger partial charge in [-0.25, -0.2) is 4.79 Å². The van der Waals surface area contributed by atoms with Crippen molar-refractivity contribution in [3.63, 3.8) is 0 Å². The van der Waals surface area contributed by atoms with Gasteiger partial charge in [0.15, 0.2) is 18.5 Å². The Morgan fingerprint density at radius 3 is 2.74 bits per heavy atom. The van der Waals surface area contributed by atoms with Crippen molar-refractivity contribution in [2.75, 3.05) is 13.4 Å². The molecular formula is C27H36O7. The maximum atomic E-state index is 13.6. The van der Waals surface area contributed by atoms with E-state index >= 15 is 0 Å². The molecule has 1 saturated heterocycles. The molecule has 0 radical (unpaired) electrons. The van der Waals surface area contributed by atoms with Crippen LogP contribution in [0, 0.1) is 28.6 Å². The van der Waals surface area contributed by atoms with Crippen LogP contribution in [0.1, 0.15) is 65.7 Å². The third-order valence-electron chi connectivity index (χ3n) is 9.80. The van der Waals surface area contributed by atoms with Crippen LogP contribution in [0.2, 0.25) is 0 Å². The molecule has 3 saturated carbocycles. The number of allylic oxidation sites excluding steroid dienone is 4. The summed E-state index contributed by atoms with van der Waals surface area (Å²) in [6.07, 6.45) is 8.68. The van der Waals surface area contributed by atoms with E-state index in [9.17, 15) is 19.5 Å². The van der Waals surface area contributed by atoms with Gasteiger partial charge in [0.1, 0.15) is 12.4 Å². The number of hydrogen-bond donors (Lipinski definition) is 1. The molecule has 0 amide bonds. The average Bonchev–Trinajstić information content (AvgIpc) is 3.11. The van der Waals surface area contributed by atoms with Crippen molar-refractivity contribution in [3.05, 3.63) is 23.8 Å². The van der Waals surface area contributed by atoms with Gasteiger partial charge in [-0.05, 0) is 62.5 Å². The highest BCUT2D eigenvalue weighted by Crippen LogP contribution is 2.67. The molecule has 1 aliphatic heterocycles. The van der Waals surface area contributed by atoms with Crippen molar-refractivity contribution in [3.8, 4) is 0 Å². The van der Waals surface area contributed by atoms with Gasteiger partial charge in [0, 0.05) is 16.7 Å². The van der Waals surface area contributed by atoms with Gasteiger partial charge in [-0.2, -0.15) is 0 Å². The van der Waals surface area contributed by atoms with Gasteiger partial charge in [-0.1, -0.05) is 38.8 Å². The summed E-state index contributed by atoms with van der Waals surface area (Å²) < 4.78 is 17.4. The number of ketones is 2. The van der Waals surface area contributed by atoms with Crippen molar-refractivity contribution in [2.45, 2.75) is 83.5 Å². The summed E-state index contributed by atoms with van der Waals surface area (Å²) in [5.74, 6) is -0.369. The Balaban J connectivity index is 1.47. The van der Waals surface area contributed by atoms with Crippen LogP contribution < -0.4 is 0 Å². The highest BCUT2D eigenvalue weighted by atomic mass is 16.7. The normalized spacial score (nSPS) is 46.5. The Bertz CT molecular complexity index is 953. The van der Waals surface area contributed by atoms with Gasteiger partial charge in [0.25, 0.3) is 0 Å². The predicted octanol–water partition coefficient (Wildman–Crippen LogP) is 3.29. The molecule has 1 N–H and O–H groups in total. The molecule has 4 aliphatic carbocycles. The molecule has 1 spiro atoms. The molecule has 186 valence electrons. The number of ether oxygens (including phenoxy) is 3. The Hall–Kier alpha value is -1.83. The smallest absolute Gasteiger partial charge is 0.335 e. The number of carbonyl (C=O) groups is 3. The summed E-state index contributed by atoms with van der Waals surface area (Å²) in [6, 6.07) is 0. The lowest BCUT2D eigenvalue weighted by atomic mass is 9.46. The lowest BCUT2D eigenvalue weighted by molar-refractivity contribution is -0.220. The van der Waals surface area contributed by atoms with Crippen LogP contribution >= 0.6 is 0 Å². The molecule has 5 rings (SSSR count). The Labute approximate surface area is 200 Å². The van der Waals surface area contributed by atoms with E-state index in [1.54, 1.807) is 12.2 Å². The van der Waals surface area contributed by atoms with E-state index in [0.29, 0.717) is 19.3 Å². The number of aliphatic hydroxyl groups excluding tert-OH is 1. The monoisotopic (exact) mass is 472 g/mol. The summed E-state index contributed by atoms with van der Waals surface area (Å²) in [6.45, 7) is 5.69. The van der Waals surface area contributed by atoms with Crippen molar-refractivity contribution < 1.29 is 33.7 Å². The molecule has 1 heterocycles. The van der Waals surface area contributed by atoms with Crippen molar-refractivity contribution in [1.82, 2.24) is 0 Å². The van der Waals surface area contributed by atoms with Crippen LogP contribution in [-0.4, -0.2) is 53.9 Å². The fourth-order valence-electron chi connectivity index (χ4n) is 8.18. The van der Waals surface area contributed by atoms with Crippen LogP contribution in [0.3, 0.4) is 0 Å². The zero-order valence-electron chi connectivity index (χ0n) is 20.4. The number of esters is 1. The third kappa shape index (κ3) is 3.30. The van der Waals surface area contributed by atoms with E-state index in [1.807, 2.05) is 13.0 Å². The lowest BCUT2D eigenvalue weighted by Gasteiger charge is -2.60. The minimum Gasteiger partial charge on any atom is -0.456 e. The second kappa shape index (κ2) is 8.38. The van der Waals surface area contributed by atoms with Gasteiger partial charge in [0.2, 0.25) is 5.78 Å². The Kier molecular flexibility index (Phi) is 5.89. The highest BCUT2D eigenvalue weighted by molar-refractivity contribution is 6.01. The maximum absolute atomic E-state index is 13.6. The number of cyclic esters (lactones) is 1. The van der Waals surface area contributed by atoms with E-state index < -0.39 is 29.2 Å². The standard InChI is InChI=1S/C27H36O7/c1-4-5-21-24(31)32-14-22(30)27(34-15-33-21)11-9-19-18-7-6-16-12-17(28)8-10-25(16,2)23(18)20(29)13-26(19,27)3/h8,10,12,18-21,23,29H,4-7,9,11,13-15H2,1-3H3/t18-,19-,20-,21?,23+,25-,26-,27-/m0/s1. The highest BCUT2D eigenvalue weighted by Gasteiger charge is 2.69. The van der Waals surface area contributed by atoms with E-state index in [2.05, 4.69) is 13.8 Å². The van der Waals surface area contributed by atoms with Gasteiger partial charge in [-0.3, -0.25) is 9.59 Å². The van der Waals surface area contributed by atoms with E-state index in [1.165, 1.54) is 0 Å². The fourth-order valence-corrected chi connectivity index (χ4v) is 8.18. The summed E-state index contributed by atoms with van der Waals surface area (Å²) >= 11 is 0. The molecule has 0 aromatic heterocycles. The molecule has 8 atom stereocenters. The van der Waals surface area contributed by atoms with Crippen LogP contribution in [0.4, 0.5) is 0 Å². The topological polar surface area (TPSA) is 99.1 Å². The number of Topliss-reactive ketones (excluding diaryl/α,β-unsaturated/α-hetero) is 1. The summed E-state index contributed by atoms with van der Waals surface area (Å²) in [7, 11) is 0. The van der Waals surface area contributed by atoms with Gasteiger partial charge in [-0.15, -0.1) is 0 Å². The molecule has 0 bridgehead atoms. The molecule has 34 heavy (non-hydrogen) atoms. The zero-order valence-corrected chi connectivity index (χ0v) is 20.4. The number of carbonyl (C=O) groups excluding carboxylic acids is 3. The van der Waals surface area contributed by atoms with Crippen LogP contribution in [-0.2, 0) is 28.6 Å². The third-order valence-corrected chi connectivity index (χ3v) is 9.80. The summed E-state index contributed by atoms with van der Waals surface area (Å²) in [5.41, 5.74) is -1.01. The second-order valence-corrected chi connectivity index (χ2v) is 11.3. The molecular weight excluding hydrogens is 436 g/mol. The van der Waals surface area contributed by atoms with Crippen LogP contribution in [0.25, 0.3) is 0 Å². The van der Waals surface area contributed by atoms with Gasteiger partial charge in [0.05, 0.1) is 6.10 Å². The first-order valence-electron chi connectivity index (χ1n) is 12.7. The van der Waals surface area contributed by atoms with Gasteiger partial charge < -0.3 is 19.3 Å². The molecule has 5 aliphatic rings. The Morgan fingerprint density at radius 1 is 1.18 bits per heavy atom. The largest absolute Gasteiger partial charge is 0.456 e. The summed E-state index contributed by atoms with van der Waals surface area (Å²) in [5, 5.41) is 11.6. The molecule has 0 aromatic rings. The fraction of sp³-hybridized carbons (Fsp3) is 0.741. The predicted molar refractivity (Wildman–Crippen MR) is 122 cm³/mol. The number of rotatable bonds is 2. The Morgan fingerprint density at radius 2 is 1.97 bits per heavy atom. The van der Waals surface area contributed by atoms with Crippen molar-refractivity contribution >= 4 is 17.5 Å². The first kappa shape index (κ1) is 23.9. The van der Waals surface area contributed by atoms with Crippen molar-refractivity contribution in [1.29, 1.82) is 0 Å². The minimum absolute atomic E-state index is 0.0143. The van der Waals surface area contributed by atoms with Crippen molar-refractivity contribution in [2.24, 2.45) is 28.6 Å². The molecule has 1 unspecified atom stereocenters. The SMILES string of the molecule is CCCC1OCO[C@@]2(CC[C@H]3[C@@H]4CCC5=CC(=O)C=C[C@]5(C)[C@H]4[C@@H](O)C[C@@]32C)C(=O)COC1=O. The van der Waals surface area contributed by atoms with Crippen LogP contribution in [0.5, 0.6) is 0 Å². The average molecular weight is 473 g/mol. The van der Waals surface area contributed by atoms with E-state index in [4.69, 9.17) is 14.2 Å².